The highest BCUT2D eigenvalue weighted by molar-refractivity contribution is 6.00. The summed E-state index contributed by atoms with van der Waals surface area (Å²) in [5, 5.41) is 14.0. The number of hydrogen-bond acceptors (Lipinski definition) is 5. The molecule has 0 radical (unpaired) electrons. The fourth-order valence-corrected chi connectivity index (χ4v) is 2.08. The topological polar surface area (TPSA) is 143 Å². The third-order valence-corrected chi connectivity index (χ3v) is 3.14. The van der Waals surface area contributed by atoms with Crippen LogP contribution < -0.4 is 22.4 Å². The molecule has 1 heterocycles. The van der Waals surface area contributed by atoms with Gasteiger partial charge in [0.25, 0.3) is 5.56 Å². The molecule has 0 fully saturated rings. The minimum absolute atomic E-state index is 0.00937. The molecule has 0 unspecified atom stereocenters. The maximum Gasteiger partial charge on any atom is 0.335 e. The smallest absolute Gasteiger partial charge is 0.335 e. The van der Waals surface area contributed by atoms with E-state index in [1.165, 1.54) is 6.92 Å². The number of hydrazone groups is 1. The van der Waals surface area contributed by atoms with Crippen molar-refractivity contribution in [3.63, 3.8) is 0 Å². The van der Waals surface area contributed by atoms with Crippen LogP contribution in [0.2, 0.25) is 0 Å². The van der Waals surface area contributed by atoms with Gasteiger partial charge < -0.3 is 10.8 Å². The number of nitrogens with one attached hydrogen (secondary N) is 2. The van der Waals surface area contributed by atoms with E-state index in [4.69, 9.17) is 5.73 Å². The molecule has 1 aromatic carbocycles. The molecule has 0 saturated carbocycles. The Labute approximate surface area is 130 Å². The zero-order valence-electron chi connectivity index (χ0n) is 12.5. The number of rotatable bonds is 3. The minimum atomic E-state index is -0.924. The predicted molar refractivity (Wildman–Crippen MR) is 84.0 cm³/mol. The summed E-state index contributed by atoms with van der Waals surface area (Å²) in [6.07, 6.45) is 0. The summed E-state index contributed by atoms with van der Waals surface area (Å²) in [6.45, 7) is 3.13. The Balaban J connectivity index is 2.73. The highest BCUT2D eigenvalue weighted by Gasteiger charge is 2.18. The van der Waals surface area contributed by atoms with Crippen molar-refractivity contribution < 1.29 is 9.90 Å². The lowest BCUT2D eigenvalue weighted by Gasteiger charge is -2.13. The molecule has 120 valence electrons. The lowest BCUT2D eigenvalue weighted by atomic mass is 10.1. The Morgan fingerprint density at radius 3 is 2.61 bits per heavy atom. The second-order valence-electron chi connectivity index (χ2n) is 4.75. The molecule has 2 amide bonds. The van der Waals surface area contributed by atoms with Crippen LogP contribution in [0.4, 0.5) is 4.79 Å². The van der Waals surface area contributed by atoms with E-state index in [1.807, 2.05) is 5.43 Å². The van der Waals surface area contributed by atoms with Crippen molar-refractivity contribution in [2.45, 2.75) is 13.8 Å². The Hall–Kier alpha value is -3.36. The Kier molecular flexibility index (Phi) is 4.30. The molecule has 2 rings (SSSR count). The third-order valence-electron chi connectivity index (χ3n) is 3.14. The first-order chi connectivity index (χ1) is 10.8. The zero-order chi connectivity index (χ0) is 17.1. The lowest BCUT2D eigenvalue weighted by molar-refractivity contribution is 0.249. The first-order valence-corrected chi connectivity index (χ1v) is 6.57. The second kappa shape index (κ2) is 6.18. The summed E-state index contributed by atoms with van der Waals surface area (Å²) in [5.74, 6) is -0.583. The number of aromatic hydroxyl groups is 1. The number of carbonyl (C=O) groups is 1. The van der Waals surface area contributed by atoms with Crippen LogP contribution in [0.15, 0.2) is 39.0 Å². The van der Waals surface area contributed by atoms with Crippen LogP contribution in [-0.2, 0) is 0 Å². The highest BCUT2D eigenvalue weighted by Crippen LogP contribution is 2.19. The van der Waals surface area contributed by atoms with Gasteiger partial charge in [-0.3, -0.25) is 9.78 Å². The molecule has 23 heavy (non-hydrogen) atoms. The number of H-pyrrole nitrogens is 1. The number of carbonyl (C=O) groups excluding carboxylic acids is 1. The van der Waals surface area contributed by atoms with E-state index in [-0.39, 0.29) is 11.3 Å². The van der Waals surface area contributed by atoms with Crippen molar-refractivity contribution in [2.24, 2.45) is 10.8 Å². The fourth-order valence-electron chi connectivity index (χ4n) is 2.08. The normalized spacial score (nSPS) is 11.3. The zero-order valence-corrected chi connectivity index (χ0v) is 12.5. The molecular formula is C14H15N5O4. The number of nitrogens with zero attached hydrogens (tertiary/aromatic N) is 2. The van der Waals surface area contributed by atoms with Crippen LogP contribution in [0, 0.1) is 6.92 Å². The largest absolute Gasteiger partial charge is 0.493 e. The van der Waals surface area contributed by atoms with Crippen molar-refractivity contribution >= 4 is 11.7 Å². The van der Waals surface area contributed by atoms with Gasteiger partial charge >= 0.3 is 11.7 Å². The van der Waals surface area contributed by atoms with Crippen LogP contribution in [0.1, 0.15) is 18.1 Å². The first-order valence-electron chi connectivity index (χ1n) is 6.57. The molecule has 0 aliphatic heterocycles. The summed E-state index contributed by atoms with van der Waals surface area (Å²) in [7, 11) is 0. The van der Waals surface area contributed by atoms with Gasteiger partial charge in [-0.25, -0.2) is 19.6 Å². The standard InChI is InChI=1S/C14H15N5O4/c1-7-5-3-4-6-9(7)19-12(21)10(11(20)16-14(19)23)8(2)17-18-13(15)22/h3-6,21H,1-2H3,(H3,15,18,22)(H,16,20,23)/b17-8+. The van der Waals surface area contributed by atoms with Crippen LogP contribution in [0.25, 0.3) is 5.69 Å². The average molecular weight is 317 g/mol. The van der Waals surface area contributed by atoms with Crippen molar-refractivity contribution in [1.29, 1.82) is 0 Å². The maximum atomic E-state index is 12.1. The molecule has 2 aromatic rings. The minimum Gasteiger partial charge on any atom is -0.493 e. The average Bonchev–Trinajstić information content (AvgIpc) is 2.46. The quantitative estimate of drug-likeness (QED) is 0.464. The number of para-hydroxylation sites is 1. The number of primary amides is 1. The molecule has 9 nitrogen and oxygen atoms in total. The van der Waals surface area contributed by atoms with Crippen LogP contribution in [-0.4, -0.2) is 26.4 Å². The highest BCUT2D eigenvalue weighted by atomic mass is 16.3. The predicted octanol–water partition coefficient (Wildman–Crippen LogP) is -0.0679. The van der Waals surface area contributed by atoms with Gasteiger partial charge in [0.2, 0.25) is 5.88 Å². The Morgan fingerprint density at radius 1 is 1.35 bits per heavy atom. The number of amides is 2. The molecular weight excluding hydrogens is 302 g/mol. The molecule has 0 bridgehead atoms. The van der Waals surface area contributed by atoms with E-state index in [2.05, 4.69) is 10.1 Å². The van der Waals surface area contributed by atoms with Crippen LogP contribution in [0.5, 0.6) is 5.88 Å². The number of aromatic nitrogens is 2. The number of aryl methyl sites for hydroxylation is 1. The number of benzene rings is 1. The fraction of sp³-hybridized carbons (Fsp3) is 0.143. The van der Waals surface area contributed by atoms with Crippen molar-refractivity contribution in [3.8, 4) is 11.6 Å². The van der Waals surface area contributed by atoms with Gasteiger partial charge in [0, 0.05) is 0 Å². The van der Waals surface area contributed by atoms with Gasteiger partial charge in [0.1, 0.15) is 5.56 Å². The summed E-state index contributed by atoms with van der Waals surface area (Å²) < 4.78 is 0.954. The maximum absolute atomic E-state index is 12.1. The van der Waals surface area contributed by atoms with Crippen LogP contribution >= 0.6 is 0 Å². The van der Waals surface area contributed by atoms with E-state index in [1.54, 1.807) is 31.2 Å². The molecule has 5 N–H and O–H groups in total. The number of aromatic amines is 1. The number of hydrogen-bond donors (Lipinski definition) is 4. The second-order valence-corrected chi connectivity index (χ2v) is 4.75. The molecule has 0 aliphatic carbocycles. The Morgan fingerprint density at radius 2 is 2.00 bits per heavy atom. The van der Waals surface area contributed by atoms with E-state index in [9.17, 15) is 19.5 Å². The van der Waals surface area contributed by atoms with Crippen molar-refractivity contribution in [1.82, 2.24) is 15.0 Å². The summed E-state index contributed by atoms with van der Waals surface area (Å²) in [4.78, 5) is 36.8. The SMILES string of the molecule is C/C(=N\NC(N)=O)c1c(O)n(-c2ccccc2C)c(=O)[nH]c1=O. The van der Waals surface area contributed by atoms with Gasteiger partial charge in [0.15, 0.2) is 0 Å². The molecule has 0 aliphatic rings. The third kappa shape index (κ3) is 3.12. The van der Waals surface area contributed by atoms with Gasteiger partial charge in [-0.1, -0.05) is 18.2 Å². The van der Waals surface area contributed by atoms with E-state index in [0.29, 0.717) is 11.3 Å². The summed E-state index contributed by atoms with van der Waals surface area (Å²) in [6, 6.07) is 5.91. The summed E-state index contributed by atoms with van der Waals surface area (Å²) in [5.41, 5.74) is 6.10. The monoisotopic (exact) mass is 317 g/mol. The van der Waals surface area contributed by atoms with Crippen molar-refractivity contribution in [2.75, 3.05) is 0 Å². The van der Waals surface area contributed by atoms with Gasteiger partial charge in [0.05, 0.1) is 11.4 Å². The molecule has 0 atom stereocenters. The first kappa shape index (κ1) is 16.0. The molecule has 0 saturated heterocycles. The summed E-state index contributed by atoms with van der Waals surface area (Å²) >= 11 is 0. The van der Waals surface area contributed by atoms with E-state index >= 15 is 0 Å². The molecule has 0 spiro atoms. The Bertz CT molecular complexity index is 910. The van der Waals surface area contributed by atoms with Crippen LogP contribution in [0.3, 0.4) is 0 Å². The number of nitrogens with two attached hydrogens (primary N) is 1. The lowest BCUT2D eigenvalue weighted by Crippen LogP contribution is -2.34. The van der Waals surface area contributed by atoms with Gasteiger partial charge in [-0.2, -0.15) is 5.10 Å². The van der Waals surface area contributed by atoms with E-state index in [0.717, 1.165) is 4.57 Å². The molecule has 9 heteroatoms. The van der Waals surface area contributed by atoms with Gasteiger partial charge in [-0.05, 0) is 25.5 Å². The van der Waals surface area contributed by atoms with Crippen molar-refractivity contribution in [3.05, 3.63) is 56.2 Å². The van der Waals surface area contributed by atoms with E-state index < -0.39 is 23.2 Å². The van der Waals surface area contributed by atoms with Gasteiger partial charge in [-0.15, -0.1) is 0 Å². The molecule has 1 aromatic heterocycles. The number of urea groups is 1.